The number of nitrogens with zero attached hydrogens (tertiary/aromatic N) is 1. The van der Waals surface area contributed by atoms with Gasteiger partial charge in [0.15, 0.2) is 0 Å². The zero-order valence-corrected chi connectivity index (χ0v) is 17.7. The van der Waals surface area contributed by atoms with E-state index < -0.39 is 29.9 Å². The van der Waals surface area contributed by atoms with Crippen molar-refractivity contribution < 1.29 is 13.2 Å². The quantitative estimate of drug-likeness (QED) is 0.618. The normalized spacial score (nSPS) is 13.4. The van der Waals surface area contributed by atoms with E-state index in [4.69, 9.17) is 34.8 Å². The molecule has 0 aliphatic carbocycles. The summed E-state index contributed by atoms with van der Waals surface area (Å²) in [6.07, 6.45) is 0. The predicted molar refractivity (Wildman–Crippen MR) is 105 cm³/mol. The van der Waals surface area contributed by atoms with Crippen molar-refractivity contribution in [3.05, 3.63) is 64.6 Å². The van der Waals surface area contributed by atoms with Crippen LogP contribution in [0.4, 0.5) is 0 Å². The van der Waals surface area contributed by atoms with Gasteiger partial charge in [0.25, 0.3) is 19.1 Å². The lowest BCUT2D eigenvalue weighted by Gasteiger charge is -2.17. The van der Waals surface area contributed by atoms with E-state index in [9.17, 15) is 13.2 Å². The van der Waals surface area contributed by atoms with Gasteiger partial charge in [-0.05, 0) is 36.4 Å². The molecule has 0 fully saturated rings. The van der Waals surface area contributed by atoms with Crippen LogP contribution < -0.4 is 4.72 Å². The Morgan fingerprint density at radius 1 is 1.04 bits per heavy atom. The fraction of sp³-hybridized carbons (Fsp3) is 0.0714. The van der Waals surface area contributed by atoms with Gasteiger partial charge in [-0.3, -0.25) is 9.52 Å². The molecule has 0 saturated carbocycles. The average molecular weight is 505 g/mol. The van der Waals surface area contributed by atoms with Gasteiger partial charge in [-0.1, -0.05) is 68.9 Å². The van der Waals surface area contributed by atoms with Gasteiger partial charge in [0.2, 0.25) is 0 Å². The molecule has 0 aliphatic rings. The molecule has 1 atom stereocenters. The largest absolute Gasteiger partial charge is 0.289 e. The molecule has 1 N–H and O–H groups in total. The Morgan fingerprint density at radius 3 is 2.12 bits per heavy atom. The molecular weight excluding hydrogens is 495 g/mol. The Balaban J connectivity index is 2.39. The minimum Gasteiger partial charge on any atom is -0.283 e. The van der Waals surface area contributed by atoms with E-state index in [1.54, 1.807) is 42.5 Å². The molecule has 0 radical (unpaired) electrons. The third kappa shape index (κ3) is 5.94. The Hall–Kier alpha value is -0.640. The van der Waals surface area contributed by atoms with E-state index in [-0.39, 0.29) is 10.5 Å². The van der Waals surface area contributed by atoms with E-state index in [2.05, 4.69) is 24.4 Å². The predicted octanol–water partition coefficient (Wildman–Crippen LogP) is 4.61. The molecule has 0 saturated heterocycles. The molecule has 2 aromatic carbocycles. The average Bonchev–Trinajstić information content (AvgIpc) is 2.54. The first-order chi connectivity index (χ1) is 11.6. The summed E-state index contributed by atoms with van der Waals surface area (Å²) in [6, 6.07) is 13.9. The van der Waals surface area contributed by atoms with Gasteiger partial charge >= 0.3 is 0 Å². The van der Waals surface area contributed by atoms with Crippen molar-refractivity contribution in [2.24, 2.45) is 3.77 Å². The van der Waals surface area contributed by atoms with E-state index in [0.29, 0.717) is 4.47 Å². The zero-order chi connectivity index (χ0) is 18.7. The molecule has 0 aliphatic heterocycles. The lowest BCUT2D eigenvalue weighted by Crippen LogP contribution is -2.33. The summed E-state index contributed by atoms with van der Waals surface area (Å²) in [6.45, 7) is 0. The van der Waals surface area contributed by atoms with E-state index in [1.165, 1.54) is 12.1 Å². The van der Waals surface area contributed by atoms with Crippen LogP contribution in [-0.2, 0) is 20.9 Å². The van der Waals surface area contributed by atoms with Crippen molar-refractivity contribution in [3.8, 4) is 0 Å². The minimum atomic E-state index is -4.14. The zero-order valence-electron chi connectivity index (χ0n) is 12.2. The molecule has 0 aromatic heterocycles. The van der Waals surface area contributed by atoms with Gasteiger partial charge in [0.1, 0.15) is 0 Å². The standard InChI is InChI=1S/C14H10BrCl3N2O3S2/c15-11-6-8-12(9-7-11)25(22,23)20-24(14(16,17)18)19-13(21)10-4-2-1-3-5-10/h1-9H,(H,19,20,21). The van der Waals surface area contributed by atoms with Crippen molar-refractivity contribution in [1.29, 1.82) is 0 Å². The number of hydrogen-bond acceptors (Lipinski definition) is 3. The summed E-state index contributed by atoms with van der Waals surface area (Å²) in [5, 5.41) is 0. The number of halogens is 4. The second kappa shape index (κ2) is 8.37. The lowest BCUT2D eigenvalue weighted by molar-refractivity contribution is 0.0983. The highest BCUT2D eigenvalue weighted by atomic mass is 79.9. The van der Waals surface area contributed by atoms with Gasteiger partial charge < -0.3 is 0 Å². The summed E-state index contributed by atoms with van der Waals surface area (Å²) in [7, 11) is -6.06. The second-order valence-corrected chi connectivity index (χ2v) is 11.8. The number of carbonyl (C=O) groups is 1. The van der Waals surface area contributed by atoms with Crippen LogP contribution in [0.2, 0.25) is 0 Å². The first-order valence-corrected chi connectivity index (χ1v) is 11.1. The van der Waals surface area contributed by atoms with Gasteiger partial charge in [0.05, 0.1) is 15.8 Å². The maximum absolute atomic E-state index is 12.4. The summed E-state index contributed by atoms with van der Waals surface area (Å²) >= 11 is 20.6. The summed E-state index contributed by atoms with van der Waals surface area (Å²) in [4.78, 5) is 12.1. The van der Waals surface area contributed by atoms with Crippen LogP contribution in [0.3, 0.4) is 0 Å². The first kappa shape index (κ1) is 20.7. The van der Waals surface area contributed by atoms with E-state index in [0.717, 1.165) is 0 Å². The van der Waals surface area contributed by atoms with Crippen molar-refractivity contribution in [2.45, 2.75) is 8.02 Å². The fourth-order valence-corrected chi connectivity index (χ4v) is 5.48. The Bertz CT molecular complexity index is 899. The van der Waals surface area contributed by atoms with Crippen LogP contribution in [0, 0.1) is 0 Å². The Morgan fingerprint density at radius 2 is 1.60 bits per heavy atom. The third-order valence-corrected chi connectivity index (χ3v) is 7.64. The number of benzene rings is 2. The molecule has 11 heteroatoms. The van der Waals surface area contributed by atoms with Gasteiger partial charge in [-0.2, -0.15) is 8.42 Å². The molecule has 0 bridgehead atoms. The minimum absolute atomic E-state index is 0.0867. The highest BCUT2D eigenvalue weighted by Gasteiger charge is 2.31. The number of nitrogens with one attached hydrogen (secondary N) is 1. The summed E-state index contributed by atoms with van der Waals surface area (Å²) in [5.74, 6) is -0.606. The molecule has 2 aromatic rings. The molecule has 2 rings (SSSR count). The van der Waals surface area contributed by atoms with Crippen LogP contribution >= 0.6 is 50.7 Å². The highest BCUT2D eigenvalue weighted by molar-refractivity contribution is 9.10. The summed E-state index contributed by atoms with van der Waals surface area (Å²) in [5.41, 5.74) is 0.283. The van der Waals surface area contributed by atoms with Gasteiger partial charge in [-0.25, -0.2) is 0 Å². The molecule has 1 amide bonds. The van der Waals surface area contributed by atoms with Crippen molar-refractivity contribution >= 4 is 77.5 Å². The molecule has 5 nitrogen and oxygen atoms in total. The maximum Gasteiger partial charge on any atom is 0.289 e. The van der Waals surface area contributed by atoms with Crippen LogP contribution in [0.25, 0.3) is 0 Å². The molecule has 134 valence electrons. The Kier molecular flexibility index (Phi) is 6.92. The molecule has 1 unspecified atom stereocenters. The third-order valence-electron chi connectivity index (χ3n) is 2.73. The van der Waals surface area contributed by atoms with Gasteiger partial charge in [0, 0.05) is 10.0 Å². The SMILES string of the molecule is O=C(N/S(=N/S(=O)(=O)c1ccc(Br)cc1)C(Cl)(Cl)Cl)c1ccccc1. The first-order valence-electron chi connectivity index (χ1n) is 6.50. The topological polar surface area (TPSA) is 75.6 Å². The van der Waals surface area contributed by atoms with E-state index in [1.807, 2.05) is 0 Å². The van der Waals surface area contributed by atoms with Crippen LogP contribution in [0.5, 0.6) is 0 Å². The summed E-state index contributed by atoms with van der Waals surface area (Å²) < 4.78 is 29.3. The smallest absolute Gasteiger partial charge is 0.283 e. The molecule has 0 spiro atoms. The lowest BCUT2D eigenvalue weighted by atomic mass is 10.2. The van der Waals surface area contributed by atoms with Crippen LogP contribution in [0.1, 0.15) is 10.4 Å². The highest BCUT2D eigenvalue weighted by Crippen LogP contribution is 2.32. The molecule has 25 heavy (non-hydrogen) atoms. The monoisotopic (exact) mass is 502 g/mol. The maximum atomic E-state index is 12.4. The van der Waals surface area contributed by atoms with E-state index >= 15 is 0 Å². The Labute approximate surface area is 171 Å². The van der Waals surface area contributed by atoms with Crippen molar-refractivity contribution in [2.75, 3.05) is 0 Å². The molecule has 0 heterocycles. The van der Waals surface area contributed by atoms with Crippen molar-refractivity contribution in [1.82, 2.24) is 4.72 Å². The number of hydrogen-bond donors (Lipinski definition) is 1. The van der Waals surface area contributed by atoms with Crippen LogP contribution in [-0.4, -0.2) is 17.4 Å². The number of carbonyl (C=O) groups excluding carboxylic acids is 1. The van der Waals surface area contributed by atoms with Crippen molar-refractivity contribution in [3.63, 3.8) is 0 Å². The second-order valence-electron chi connectivity index (χ2n) is 4.53. The van der Waals surface area contributed by atoms with Crippen LogP contribution in [0.15, 0.2) is 67.7 Å². The number of rotatable bonds is 4. The van der Waals surface area contributed by atoms with Gasteiger partial charge in [-0.15, -0.1) is 3.77 Å². The number of amides is 1. The fourth-order valence-electron chi connectivity index (χ4n) is 1.60. The number of alkyl halides is 3. The molecular formula is C14H10BrCl3N2O3S2. The number of sulfonamides is 1.